The van der Waals surface area contributed by atoms with Crippen molar-refractivity contribution in [2.24, 2.45) is 11.7 Å². The number of hydrogen-bond acceptors (Lipinski definition) is 4. The first kappa shape index (κ1) is 13.8. The van der Waals surface area contributed by atoms with Crippen LogP contribution < -0.4 is 5.73 Å². The van der Waals surface area contributed by atoms with Gasteiger partial charge >= 0.3 is 0 Å². The van der Waals surface area contributed by atoms with Crippen LogP contribution >= 0.6 is 11.8 Å². The maximum Gasteiger partial charge on any atom is 0.117 e. The molecule has 20 heavy (non-hydrogen) atoms. The van der Waals surface area contributed by atoms with Gasteiger partial charge in [-0.1, -0.05) is 37.5 Å². The summed E-state index contributed by atoms with van der Waals surface area (Å²) in [6.45, 7) is 0.792. The third-order valence-corrected chi connectivity index (χ3v) is 5.63. The molecule has 3 nitrogen and oxygen atoms in total. The number of benzene rings is 1. The summed E-state index contributed by atoms with van der Waals surface area (Å²) in [5.74, 6) is 0.622. The Bertz CT molecular complexity index is 567. The van der Waals surface area contributed by atoms with Gasteiger partial charge in [-0.15, -0.1) is 11.8 Å². The monoisotopic (exact) mass is 287 g/mol. The Morgan fingerprint density at radius 3 is 2.85 bits per heavy atom. The van der Waals surface area contributed by atoms with Crippen molar-refractivity contribution in [1.82, 2.24) is 9.97 Å². The van der Waals surface area contributed by atoms with Gasteiger partial charge in [0.1, 0.15) is 11.4 Å². The summed E-state index contributed by atoms with van der Waals surface area (Å²) in [5, 5.41) is 2.88. The normalized spacial score (nSPS) is 23.6. The summed E-state index contributed by atoms with van der Waals surface area (Å²) >= 11 is 1.91. The number of para-hydroxylation sites is 1. The lowest BCUT2D eigenvalue weighted by molar-refractivity contribution is 0.483. The van der Waals surface area contributed by atoms with E-state index in [0.29, 0.717) is 11.2 Å². The molecule has 0 radical (unpaired) electrons. The molecule has 0 aliphatic heterocycles. The van der Waals surface area contributed by atoms with Gasteiger partial charge in [0.15, 0.2) is 0 Å². The zero-order chi connectivity index (χ0) is 13.8. The Morgan fingerprint density at radius 2 is 1.95 bits per heavy atom. The van der Waals surface area contributed by atoms with Crippen LogP contribution in [0.25, 0.3) is 10.9 Å². The van der Waals surface area contributed by atoms with E-state index in [2.05, 4.69) is 28.2 Å². The number of nitrogens with two attached hydrogens (primary N) is 1. The molecule has 2 N–H and O–H groups in total. The van der Waals surface area contributed by atoms with Crippen LogP contribution in [0.2, 0.25) is 0 Å². The molecule has 106 valence electrons. The topological polar surface area (TPSA) is 51.8 Å². The maximum atomic E-state index is 5.98. The Balaban J connectivity index is 1.87. The standard InChI is InChI=1S/C16H21N3S/c17-10-12-6-2-1-3-9-15(12)20-16-13-7-4-5-8-14(13)18-11-19-16/h4-5,7-8,11-12,15H,1-3,6,9-10,17H2. The average molecular weight is 287 g/mol. The number of hydrogen-bond donors (Lipinski definition) is 1. The van der Waals surface area contributed by atoms with E-state index in [1.165, 1.54) is 37.5 Å². The highest BCUT2D eigenvalue weighted by atomic mass is 32.2. The molecule has 2 aromatic rings. The molecule has 1 saturated carbocycles. The van der Waals surface area contributed by atoms with E-state index in [1.807, 2.05) is 17.8 Å². The van der Waals surface area contributed by atoms with Gasteiger partial charge < -0.3 is 5.73 Å². The summed E-state index contributed by atoms with van der Waals surface area (Å²) in [6.07, 6.45) is 8.18. The summed E-state index contributed by atoms with van der Waals surface area (Å²) in [6, 6.07) is 8.25. The van der Waals surface area contributed by atoms with Crippen LogP contribution in [-0.2, 0) is 0 Å². The Kier molecular flexibility index (Phi) is 4.53. The molecular weight excluding hydrogens is 266 g/mol. The van der Waals surface area contributed by atoms with Crippen LogP contribution in [-0.4, -0.2) is 21.8 Å². The first-order valence-corrected chi connectivity index (χ1v) is 8.33. The highest BCUT2D eigenvalue weighted by Crippen LogP contribution is 2.37. The van der Waals surface area contributed by atoms with Crippen molar-refractivity contribution in [3.63, 3.8) is 0 Å². The van der Waals surface area contributed by atoms with Gasteiger partial charge in [-0.05, 0) is 31.4 Å². The average Bonchev–Trinajstić information content (AvgIpc) is 2.72. The van der Waals surface area contributed by atoms with Gasteiger partial charge in [-0.2, -0.15) is 0 Å². The van der Waals surface area contributed by atoms with E-state index in [1.54, 1.807) is 6.33 Å². The Morgan fingerprint density at radius 1 is 1.10 bits per heavy atom. The molecule has 3 rings (SSSR count). The minimum atomic E-state index is 0.598. The fourth-order valence-corrected chi connectivity index (χ4v) is 4.41. The second-order valence-corrected chi connectivity index (χ2v) is 6.71. The molecule has 0 amide bonds. The molecule has 2 atom stereocenters. The third-order valence-electron chi connectivity index (χ3n) is 4.16. The smallest absolute Gasteiger partial charge is 0.117 e. The lowest BCUT2D eigenvalue weighted by Crippen LogP contribution is -2.24. The van der Waals surface area contributed by atoms with Crippen molar-refractivity contribution in [2.45, 2.75) is 42.4 Å². The molecule has 0 spiro atoms. The van der Waals surface area contributed by atoms with Crippen molar-refractivity contribution in [3.8, 4) is 0 Å². The molecule has 1 aromatic carbocycles. The van der Waals surface area contributed by atoms with Crippen molar-refractivity contribution in [2.75, 3.05) is 6.54 Å². The van der Waals surface area contributed by atoms with Crippen LogP contribution in [0, 0.1) is 5.92 Å². The second kappa shape index (κ2) is 6.55. The zero-order valence-electron chi connectivity index (χ0n) is 11.7. The summed E-state index contributed by atoms with van der Waals surface area (Å²) < 4.78 is 0. The lowest BCUT2D eigenvalue weighted by Gasteiger charge is -2.23. The van der Waals surface area contributed by atoms with Crippen molar-refractivity contribution in [3.05, 3.63) is 30.6 Å². The van der Waals surface area contributed by atoms with Crippen molar-refractivity contribution in [1.29, 1.82) is 0 Å². The summed E-state index contributed by atoms with van der Waals surface area (Å²) in [4.78, 5) is 8.85. The van der Waals surface area contributed by atoms with Gasteiger partial charge in [-0.3, -0.25) is 0 Å². The quantitative estimate of drug-likeness (QED) is 0.692. The van der Waals surface area contributed by atoms with E-state index >= 15 is 0 Å². The number of rotatable bonds is 3. The number of thioether (sulfide) groups is 1. The van der Waals surface area contributed by atoms with E-state index in [0.717, 1.165) is 17.1 Å². The lowest BCUT2D eigenvalue weighted by atomic mass is 10.0. The summed E-state index contributed by atoms with van der Waals surface area (Å²) in [7, 11) is 0. The van der Waals surface area contributed by atoms with Gasteiger partial charge in [0.2, 0.25) is 0 Å². The highest BCUT2D eigenvalue weighted by molar-refractivity contribution is 8.00. The molecule has 1 fully saturated rings. The molecule has 1 aliphatic rings. The predicted molar refractivity (Wildman–Crippen MR) is 84.8 cm³/mol. The number of nitrogens with zero attached hydrogens (tertiary/aromatic N) is 2. The molecule has 0 saturated heterocycles. The number of aromatic nitrogens is 2. The van der Waals surface area contributed by atoms with Crippen LogP contribution in [0.3, 0.4) is 0 Å². The Hall–Kier alpha value is -1.13. The van der Waals surface area contributed by atoms with Crippen LogP contribution in [0.1, 0.15) is 32.1 Å². The third kappa shape index (κ3) is 2.96. The fraction of sp³-hybridized carbons (Fsp3) is 0.500. The molecule has 1 aromatic heterocycles. The second-order valence-electron chi connectivity index (χ2n) is 5.49. The maximum absolute atomic E-state index is 5.98. The molecule has 0 bridgehead atoms. The molecule has 2 unspecified atom stereocenters. The SMILES string of the molecule is NCC1CCCCCC1Sc1ncnc2ccccc12. The van der Waals surface area contributed by atoms with E-state index in [4.69, 9.17) is 5.73 Å². The zero-order valence-corrected chi connectivity index (χ0v) is 12.5. The van der Waals surface area contributed by atoms with E-state index in [-0.39, 0.29) is 0 Å². The molecule has 4 heteroatoms. The first-order chi connectivity index (χ1) is 9.88. The van der Waals surface area contributed by atoms with Gasteiger partial charge in [0, 0.05) is 10.6 Å². The van der Waals surface area contributed by atoms with Gasteiger partial charge in [0.05, 0.1) is 5.52 Å². The van der Waals surface area contributed by atoms with E-state index < -0.39 is 0 Å². The van der Waals surface area contributed by atoms with Crippen molar-refractivity contribution >= 4 is 22.7 Å². The number of fused-ring (bicyclic) bond motifs is 1. The van der Waals surface area contributed by atoms with E-state index in [9.17, 15) is 0 Å². The fourth-order valence-electron chi connectivity index (χ4n) is 2.99. The molecular formula is C16H21N3S. The predicted octanol–water partition coefficient (Wildman–Crippen LogP) is 3.63. The minimum Gasteiger partial charge on any atom is -0.330 e. The van der Waals surface area contributed by atoms with Crippen molar-refractivity contribution < 1.29 is 0 Å². The van der Waals surface area contributed by atoms with Gasteiger partial charge in [0.25, 0.3) is 0 Å². The largest absolute Gasteiger partial charge is 0.330 e. The molecule has 1 aliphatic carbocycles. The van der Waals surface area contributed by atoms with Crippen LogP contribution in [0.15, 0.2) is 35.6 Å². The van der Waals surface area contributed by atoms with Gasteiger partial charge in [-0.25, -0.2) is 9.97 Å². The van der Waals surface area contributed by atoms with Crippen LogP contribution in [0.4, 0.5) is 0 Å². The first-order valence-electron chi connectivity index (χ1n) is 7.45. The summed E-state index contributed by atoms with van der Waals surface area (Å²) in [5.41, 5.74) is 7.01. The Labute approximate surface area is 124 Å². The minimum absolute atomic E-state index is 0.598. The van der Waals surface area contributed by atoms with Crippen LogP contribution in [0.5, 0.6) is 0 Å². The highest BCUT2D eigenvalue weighted by Gasteiger charge is 2.24. The molecule has 1 heterocycles.